The Balaban J connectivity index is 1.82. The van der Waals surface area contributed by atoms with Crippen molar-refractivity contribution in [3.8, 4) is 27.6 Å². The fourth-order valence-electron chi connectivity index (χ4n) is 4.02. The number of benzene rings is 2. The maximum absolute atomic E-state index is 14.4. The quantitative estimate of drug-likeness (QED) is 0.446. The second-order valence-electron chi connectivity index (χ2n) is 8.04. The molecule has 33 heavy (non-hydrogen) atoms. The fourth-order valence-corrected chi connectivity index (χ4v) is 5.17. The van der Waals surface area contributed by atoms with Crippen LogP contribution in [0.2, 0.25) is 0 Å². The molecule has 8 heteroatoms. The van der Waals surface area contributed by atoms with Gasteiger partial charge in [-0.1, -0.05) is 18.2 Å². The summed E-state index contributed by atoms with van der Waals surface area (Å²) in [5.41, 5.74) is 15.7. The van der Waals surface area contributed by atoms with E-state index in [0.717, 1.165) is 28.8 Å². The van der Waals surface area contributed by atoms with Crippen LogP contribution < -0.4 is 11.5 Å². The number of likely N-dealkylation sites (tertiary alicyclic amines) is 1. The lowest BCUT2D eigenvalue weighted by molar-refractivity contribution is 0.0714. The summed E-state index contributed by atoms with van der Waals surface area (Å²) in [7, 11) is 1.68. The van der Waals surface area contributed by atoms with Gasteiger partial charge >= 0.3 is 0 Å². The number of anilines is 1. The summed E-state index contributed by atoms with van der Waals surface area (Å²) in [5.74, 6) is -0.685. The zero-order chi connectivity index (χ0) is 23.5. The molecule has 6 nitrogen and oxygen atoms in total. The number of halogens is 1. The van der Waals surface area contributed by atoms with Gasteiger partial charge in [-0.25, -0.2) is 4.39 Å². The summed E-state index contributed by atoms with van der Waals surface area (Å²) >= 11 is 1.35. The van der Waals surface area contributed by atoms with Crippen LogP contribution in [0.3, 0.4) is 0 Å². The minimum absolute atomic E-state index is 0.0261. The van der Waals surface area contributed by atoms with E-state index in [9.17, 15) is 9.18 Å². The highest BCUT2D eigenvalue weighted by Gasteiger charge is 2.26. The minimum Gasteiger partial charge on any atom is -0.398 e. The average Bonchev–Trinajstić information content (AvgIpc) is 3.25. The van der Waals surface area contributed by atoms with Gasteiger partial charge in [0.15, 0.2) is 0 Å². The smallest absolute Gasteiger partial charge is 0.264 e. The van der Waals surface area contributed by atoms with Gasteiger partial charge in [0.1, 0.15) is 11.9 Å². The van der Waals surface area contributed by atoms with Crippen molar-refractivity contribution in [3.05, 3.63) is 64.3 Å². The van der Waals surface area contributed by atoms with Crippen LogP contribution in [-0.4, -0.2) is 43.2 Å². The molecule has 0 saturated carbocycles. The predicted octanol–water partition coefficient (Wildman–Crippen LogP) is 4.29. The standard InChI is InChI=1S/C25H24FN5OS/c1-30-13-18-7-5-16(10-22(18)29)24-20(15-4-6-17(12-27)21(26)9-15)11-23(33-24)25(32)31-8-2-3-19(28)14-31/h4-7,9-11,13,19H,2-3,8,14,28-29H2,1H3. The third-order valence-corrected chi connectivity index (χ3v) is 6.88. The molecule has 1 fully saturated rings. The number of aliphatic imine (C=N–C) groups is 1. The number of nitrogen functional groups attached to an aromatic ring is 1. The molecule has 1 amide bonds. The molecular weight excluding hydrogens is 437 g/mol. The number of amides is 1. The molecule has 1 aromatic heterocycles. The highest BCUT2D eigenvalue weighted by molar-refractivity contribution is 7.18. The zero-order valence-electron chi connectivity index (χ0n) is 18.2. The monoisotopic (exact) mass is 461 g/mol. The van der Waals surface area contributed by atoms with E-state index in [0.29, 0.717) is 34.8 Å². The fraction of sp³-hybridized carbons (Fsp3) is 0.240. The molecule has 168 valence electrons. The first-order chi connectivity index (χ1) is 15.9. The van der Waals surface area contributed by atoms with Crippen LogP contribution in [0.15, 0.2) is 47.5 Å². The summed E-state index contributed by atoms with van der Waals surface area (Å²) in [6.45, 7) is 1.18. The number of carbonyl (C=O) groups excluding carboxylic acids is 1. The summed E-state index contributed by atoms with van der Waals surface area (Å²) in [5, 5.41) is 9.08. The Hall–Kier alpha value is -3.54. The highest BCUT2D eigenvalue weighted by atomic mass is 32.1. The molecular formula is C25H24FN5OS. The summed E-state index contributed by atoms with van der Waals surface area (Å²) in [6, 6.07) is 13.7. The normalized spacial score (nSPS) is 16.2. The van der Waals surface area contributed by atoms with Gasteiger partial charge in [0.05, 0.1) is 10.4 Å². The summed E-state index contributed by atoms with van der Waals surface area (Å²) in [6.07, 6.45) is 3.46. The van der Waals surface area contributed by atoms with Gasteiger partial charge in [-0.15, -0.1) is 11.3 Å². The predicted molar refractivity (Wildman–Crippen MR) is 131 cm³/mol. The van der Waals surface area contributed by atoms with Crippen molar-refractivity contribution in [1.82, 2.24) is 4.90 Å². The van der Waals surface area contributed by atoms with Crippen molar-refractivity contribution in [1.29, 1.82) is 5.26 Å². The molecule has 1 aliphatic rings. The Morgan fingerprint density at radius 3 is 2.73 bits per heavy atom. The maximum Gasteiger partial charge on any atom is 0.264 e. The number of nitrogens with zero attached hydrogens (tertiary/aromatic N) is 3. The molecule has 4 rings (SSSR count). The van der Waals surface area contributed by atoms with Crippen LogP contribution in [0.1, 0.15) is 33.6 Å². The Labute approximate surface area is 196 Å². The van der Waals surface area contributed by atoms with E-state index >= 15 is 0 Å². The minimum atomic E-state index is -0.601. The van der Waals surface area contributed by atoms with Crippen molar-refractivity contribution >= 4 is 29.1 Å². The topological polar surface area (TPSA) is 108 Å². The van der Waals surface area contributed by atoms with Crippen molar-refractivity contribution in [2.24, 2.45) is 10.7 Å². The Morgan fingerprint density at radius 1 is 1.27 bits per heavy atom. The zero-order valence-corrected chi connectivity index (χ0v) is 19.0. The van der Waals surface area contributed by atoms with Crippen LogP contribution in [0.5, 0.6) is 0 Å². The number of thiophene rings is 1. The van der Waals surface area contributed by atoms with Crippen molar-refractivity contribution in [2.75, 3.05) is 25.9 Å². The molecule has 0 spiro atoms. The summed E-state index contributed by atoms with van der Waals surface area (Å²) in [4.78, 5) is 20.4. The van der Waals surface area contributed by atoms with Crippen molar-refractivity contribution < 1.29 is 9.18 Å². The van der Waals surface area contributed by atoms with Crippen LogP contribution in [0.4, 0.5) is 10.1 Å². The molecule has 1 aliphatic heterocycles. The number of carbonyl (C=O) groups is 1. The number of piperidine rings is 1. The van der Waals surface area contributed by atoms with E-state index in [4.69, 9.17) is 16.7 Å². The molecule has 0 bridgehead atoms. The highest BCUT2D eigenvalue weighted by Crippen LogP contribution is 2.41. The van der Waals surface area contributed by atoms with Gasteiger partial charge in [0, 0.05) is 54.1 Å². The van der Waals surface area contributed by atoms with Gasteiger partial charge in [-0.2, -0.15) is 5.26 Å². The molecule has 0 aliphatic carbocycles. The molecule has 1 atom stereocenters. The lowest BCUT2D eigenvalue weighted by Crippen LogP contribution is -2.45. The molecule has 2 heterocycles. The van der Waals surface area contributed by atoms with Gasteiger partial charge in [-0.3, -0.25) is 9.79 Å². The van der Waals surface area contributed by atoms with Crippen molar-refractivity contribution in [3.63, 3.8) is 0 Å². The molecule has 1 unspecified atom stereocenters. The number of nitriles is 1. The lowest BCUT2D eigenvalue weighted by Gasteiger charge is -2.30. The maximum atomic E-state index is 14.4. The third-order valence-electron chi connectivity index (χ3n) is 5.71. The SMILES string of the molecule is CN=Cc1ccc(-c2sc(C(=O)N3CCCC(N)C3)cc2-c2ccc(C#N)c(F)c2)cc1N. The molecule has 3 aromatic rings. The summed E-state index contributed by atoms with van der Waals surface area (Å²) < 4.78 is 14.4. The first-order valence-corrected chi connectivity index (χ1v) is 11.4. The van der Waals surface area contributed by atoms with Gasteiger partial charge in [0.2, 0.25) is 0 Å². The molecule has 1 saturated heterocycles. The van der Waals surface area contributed by atoms with Crippen LogP contribution in [0, 0.1) is 17.1 Å². The molecule has 4 N–H and O–H groups in total. The number of hydrogen-bond donors (Lipinski definition) is 2. The Morgan fingerprint density at radius 2 is 2.06 bits per heavy atom. The average molecular weight is 462 g/mol. The number of rotatable bonds is 4. The van der Waals surface area contributed by atoms with E-state index in [1.54, 1.807) is 30.3 Å². The van der Waals surface area contributed by atoms with E-state index in [2.05, 4.69) is 4.99 Å². The largest absolute Gasteiger partial charge is 0.398 e. The molecule has 0 radical (unpaired) electrons. The Bertz CT molecular complexity index is 1280. The van der Waals surface area contributed by atoms with Crippen LogP contribution >= 0.6 is 11.3 Å². The second-order valence-corrected chi connectivity index (χ2v) is 9.10. The van der Waals surface area contributed by atoms with Crippen molar-refractivity contribution in [2.45, 2.75) is 18.9 Å². The number of nitrogens with two attached hydrogens (primary N) is 2. The number of hydrogen-bond acceptors (Lipinski definition) is 6. The third kappa shape index (κ3) is 4.65. The first kappa shape index (κ1) is 22.6. The second kappa shape index (κ2) is 9.53. The van der Waals surface area contributed by atoms with Crippen LogP contribution in [-0.2, 0) is 0 Å². The van der Waals surface area contributed by atoms with E-state index in [1.807, 2.05) is 24.3 Å². The van der Waals surface area contributed by atoms with E-state index < -0.39 is 5.82 Å². The lowest BCUT2D eigenvalue weighted by atomic mass is 9.99. The van der Waals surface area contributed by atoms with Gasteiger partial charge < -0.3 is 16.4 Å². The first-order valence-electron chi connectivity index (χ1n) is 10.6. The molecule has 2 aromatic carbocycles. The van der Waals surface area contributed by atoms with Crippen LogP contribution in [0.25, 0.3) is 21.6 Å². The van der Waals surface area contributed by atoms with Gasteiger partial charge in [-0.05, 0) is 48.2 Å². The van der Waals surface area contributed by atoms with Gasteiger partial charge in [0.25, 0.3) is 5.91 Å². The Kier molecular flexibility index (Phi) is 6.54. The van der Waals surface area contributed by atoms with E-state index in [-0.39, 0.29) is 17.5 Å². The van der Waals surface area contributed by atoms with E-state index in [1.165, 1.54) is 23.5 Å².